The molecule has 32 heavy (non-hydrogen) atoms. The molecule has 2 amide bonds. The summed E-state index contributed by atoms with van der Waals surface area (Å²) in [7, 11) is 1.52. The van der Waals surface area contributed by atoms with Crippen LogP contribution in [-0.4, -0.2) is 53.2 Å². The van der Waals surface area contributed by atoms with Crippen LogP contribution in [0.4, 0.5) is 5.69 Å². The minimum Gasteiger partial charge on any atom is -0.495 e. The molecule has 0 radical (unpaired) electrons. The van der Waals surface area contributed by atoms with E-state index >= 15 is 0 Å². The molecule has 3 rings (SSSR count). The molecule has 10 nitrogen and oxygen atoms in total. The zero-order valence-electron chi connectivity index (χ0n) is 17.0. The number of amidine groups is 1. The number of hydrogen-bond acceptors (Lipinski definition) is 8. The maximum atomic E-state index is 12.3. The minimum absolute atomic E-state index is 0.215. The summed E-state index contributed by atoms with van der Waals surface area (Å²) in [6.07, 6.45) is 1.12. The van der Waals surface area contributed by atoms with Crippen LogP contribution < -0.4 is 20.1 Å². The Kier molecular flexibility index (Phi) is 7.81. The van der Waals surface area contributed by atoms with E-state index in [1.165, 1.54) is 13.3 Å². The summed E-state index contributed by atoms with van der Waals surface area (Å²) in [4.78, 5) is 34.8. The van der Waals surface area contributed by atoms with Crippen LogP contribution >= 0.6 is 11.8 Å². The summed E-state index contributed by atoms with van der Waals surface area (Å²) >= 11 is 1.00. The Morgan fingerprint density at radius 1 is 1.19 bits per heavy atom. The van der Waals surface area contributed by atoms with Crippen LogP contribution in [0.15, 0.2) is 58.7 Å². The number of thioether (sulfide) groups is 1. The van der Waals surface area contributed by atoms with Crippen molar-refractivity contribution in [2.24, 2.45) is 10.2 Å². The lowest BCUT2D eigenvalue weighted by Crippen LogP contribution is -2.26. The quantitative estimate of drug-likeness (QED) is 0.388. The summed E-state index contributed by atoms with van der Waals surface area (Å²) < 4.78 is 10.8. The number of rotatable bonds is 9. The molecule has 3 N–H and O–H groups in total. The number of anilines is 1. The van der Waals surface area contributed by atoms with Crippen molar-refractivity contribution >= 4 is 46.6 Å². The van der Waals surface area contributed by atoms with Crippen molar-refractivity contribution in [2.75, 3.05) is 19.0 Å². The van der Waals surface area contributed by atoms with Crippen LogP contribution in [0.1, 0.15) is 12.0 Å². The van der Waals surface area contributed by atoms with E-state index in [1.807, 2.05) is 0 Å². The number of nitrogens with one attached hydrogen (secondary N) is 2. The molecule has 0 bridgehead atoms. The van der Waals surface area contributed by atoms with Gasteiger partial charge in [-0.05, 0) is 24.3 Å². The third-order valence-corrected chi connectivity index (χ3v) is 5.21. The highest BCUT2D eigenvalue weighted by molar-refractivity contribution is 8.15. The number of nitrogens with zero attached hydrogens (tertiary/aromatic N) is 2. The van der Waals surface area contributed by atoms with Gasteiger partial charge in [-0.25, -0.2) is 0 Å². The molecule has 166 valence electrons. The maximum Gasteiger partial charge on any atom is 0.305 e. The highest BCUT2D eigenvalue weighted by Crippen LogP contribution is 2.24. The number of hydrogen-bond donors (Lipinski definition) is 3. The lowest BCUT2D eigenvalue weighted by atomic mass is 10.2. The number of para-hydroxylation sites is 3. The minimum atomic E-state index is -1.07. The summed E-state index contributed by atoms with van der Waals surface area (Å²) in [5, 5.41) is 21.4. The van der Waals surface area contributed by atoms with E-state index in [2.05, 4.69) is 20.8 Å². The van der Waals surface area contributed by atoms with Gasteiger partial charge in [-0.15, -0.1) is 5.10 Å². The average Bonchev–Trinajstić information content (AvgIpc) is 3.11. The first-order valence-corrected chi connectivity index (χ1v) is 10.3. The lowest BCUT2D eigenvalue weighted by Gasteiger charge is -2.11. The fraction of sp³-hybridized carbons (Fsp3) is 0.190. The Morgan fingerprint density at radius 2 is 1.91 bits per heavy atom. The van der Waals surface area contributed by atoms with E-state index in [0.29, 0.717) is 22.7 Å². The van der Waals surface area contributed by atoms with Gasteiger partial charge in [0, 0.05) is 5.56 Å². The Labute approximate surface area is 187 Å². The van der Waals surface area contributed by atoms with E-state index in [-0.39, 0.29) is 24.1 Å². The molecule has 0 aromatic heterocycles. The number of methoxy groups -OCH3 is 1. The van der Waals surface area contributed by atoms with E-state index in [1.54, 1.807) is 48.5 Å². The Balaban J connectivity index is 1.59. The van der Waals surface area contributed by atoms with E-state index < -0.39 is 17.1 Å². The third kappa shape index (κ3) is 6.32. The van der Waals surface area contributed by atoms with Gasteiger partial charge < -0.3 is 25.2 Å². The third-order valence-electron chi connectivity index (χ3n) is 4.14. The van der Waals surface area contributed by atoms with E-state index in [4.69, 9.17) is 14.6 Å². The fourth-order valence-corrected chi connectivity index (χ4v) is 3.60. The highest BCUT2D eigenvalue weighted by atomic mass is 32.2. The molecule has 0 saturated carbocycles. The largest absolute Gasteiger partial charge is 0.495 e. The molecule has 1 atom stereocenters. The van der Waals surface area contributed by atoms with Crippen molar-refractivity contribution < 1.29 is 29.0 Å². The van der Waals surface area contributed by atoms with Crippen LogP contribution in [0.25, 0.3) is 0 Å². The number of carbonyl (C=O) groups excluding carboxylic acids is 2. The standard InChI is InChI=1S/C21H20N4O6S/c1-30-16-9-5-3-7-14(16)23-18(26)12-31-15-8-4-2-6-13(15)11-22-25-21-24-20(29)17(32-21)10-19(27)28/h2-9,11,17H,10,12H2,1H3,(H,23,26)(H,27,28)(H,24,25,29). The second-order valence-corrected chi connectivity index (χ2v) is 7.61. The van der Waals surface area contributed by atoms with Gasteiger partial charge in [0.1, 0.15) is 16.7 Å². The molecule has 0 spiro atoms. The van der Waals surface area contributed by atoms with Crippen LogP contribution in [0.2, 0.25) is 0 Å². The number of carboxylic acid groups (broad SMARTS) is 1. The molecule has 1 heterocycles. The molecular weight excluding hydrogens is 436 g/mol. The molecule has 1 aliphatic heterocycles. The van der Waals surface area contributed by atoms with Gasteiger partial charge >= 0.3 is 5.97 Å². The summed E-state index contributed by atoms with van der Waals surface area (Å²) in [5.41, 5.74) is 1.10. The Hall–Kier alpha value is -3.86. The van der Waals surface area contributed by atoms with Gasteiger partial charge in [-0.3, -0.25) is 14.4 Å². The number of benzene rings is 2. The Morgan fingerprint density at radius 3 is 2.66 bits per heavy atom. The predicted octanol–water partition coefficient (Wildman–Crippen LogP) is 2.11. The molecule has 0 aliphatic carbocycles. The van der Waals surface area contributed by atoms with Crippen LogP contribution in [0, 0.1) is 0 Å². The van der Waals surface area contributed by atoms with Crippen LogP contribution in [0.3, 0.4) is 0 Å². The van der Waals surface area contributed by atoms with Crippen molar-refractivity contribution in [2.45, 2.75) is 11.7 Å². The number of ether oxygens (including phenoxy) is 2. The molecule has 11 heteroatoms. The second kappa shape index (κ2) is 11.0. The lowest BCUT2D eigenvalue weighted by molar-refractivity contribution is -0.138. The molecule has 2 aromatic rings. The van der Waals surface area contributed by atoms with Crippen molar-refractivity contribution in [3.63, 3.8) is 0 Å². The number of carboxylic acids is 1. The summed E-state index contributed by atoms with van der Waals surface area (Å²) in [5.74, 6) is -0.899. The van der Waals surface area contributed by atoms with Gasteiger partial charge in [-0.2, -0.15) is 5.10 Å². The molecule has 1 fully saturated rings. The van der Waals surface area contributed by atoms with E-state index in [0.717, 1.165) is 11.8 Å². The smallest absolute Gasteiger partial charge is 0.305 e. The molecule has 1 unspecified atom stereocenters. The zero-order chi connectivity index (χ0) is 22.9. The Bertz CT molecular complexity index is 1070. The van der Waals surface area contributed by atoms with Crippen LogP contribution in [-0.2, 0) is 14.4 Å². The fourth-order valence-electron chi connectivity index (χ4n) is 2.68. The van der Waals surface area contributed by atoms with Crippen molar-refractivity contribution in [3.8, 4) is 11.5 Å². The average molecular weight is 456 g/mol. The first-order valence-electron chi connectivity index (χ1n) is 9.41. The SMILES string of the molecule is COc1ccccc1NC(=O)COc1ccccc1C=NN=C1NC(=O)C(CC(=O)O)S1. The first-order chi connectivity index (χ1) is 15.5. The van der Waals surface area contributed by atoms with Crippen molar-refractivity contribution in [3.05, 3.63) is 54.1 Å². The topological polar surface area (TPSA) is 139 Å². The zero-order valence-corrected chi connectivity index (χ0v) is 17.8. The maximum absolute atomic E-state index is 12.3. The highest BCUT2D eigenvalue weighted by Gasteiger charge is 2.32. The second-order valence-electron chi connectivity index (χ2n) is 6.42. The number of amides is 2. The van der Waals surface area contributed by atoms with Crippen molar-refractivity contribution in [1.29, 1.82) is 0 Å². The first kappa shape index (κ1) is 22.8. The monoisotopic (exact) mass is 456 g/mol. The van der Waals surface area contributed by atoms with Gasteiger partial charge in [0.05, 0.1) is 25.4 Å². The van der Waals surface area contributed by atoms with Gasteiger partial charge in [0.25, 0.3) is 5.91 Å². The van der Waals surface area contributed by atoms with Gasteiger partial charge in [0.15, 0.2) is 11.8 Å². The van der Waals surface area contributed by atoms with E-state index in [9.17, 15) is 14.4 Å². The molecular formula is C21H20N4O6S. The molecule has 2 aromatic carbocycles. The predicted molar refractivity (Wildman–Crippen MR) is 120 cm³/mol. The molecule has 1 saturated heterocycles. The normalized spacial score (nSPS) is 16.7. The van der Waals surface area contributed by atoms with Crippen molar-refractivity contribution in [1.82, 2.24) is 5.32 Å². The summed E-state index contributed by atoms with van der Waals surface area (Å²) in [6, 6.07) is 14.0. The van der Waals surface area contributed by atoms with Gasteiger partial charge in [-0.1, -0.05) is 36.0 Å². The number of aliphatic carboxylic acids is 1. The van der Waals surface area contributed by atoms with Gasteiger partial charge in [0.2, 0.25) is 5.91 Å². The molecule has 1 aliphatic rings. The number of carbonyl (C=O) groups is 3. The summed E-state index contributed by atoms with van der Waals surface area (Å²) in [6.45, 7) is -0.236. The van der Waals surface area contributed by atoms with Crippen LogP contribution in [0.5, 0.6) is 11.5 Å².